The Morgan fingerprint density at radius 3 is 2.95 bits per heavy atom. The SMILES string of the molecule is CCc1cccc2c(C3CN(C)CCN3)c(C)[nH]c12. The molecule has 1 atom stereocenters. The maximum Gasteiger partial charge on any atom is 0.0491 e. The summed E-state index contributed by atoms with van der Waals surface area (Å²) in [6.07, 6.45) is 1.08. The minimum absolute atomic E-state index is 0.444. The van der Waals surface area contributed by atoms with Crippen LogP contribution in [0.3, 0.4) is 0 Å². The molecule has 1 aromatic carbocycles. The molecule has 0 bridgehead atoms. The van der Waals surface area contributed by atoms with E-state index in [0.29, 0.717) is 6.04 Å². The molecule has 2 aromatic rings. The van der Waals surface area contributed by atoms with E-state index in [2.05, 4.69) is 54.3 Å². The summed E-state index contributed by atoms with van der Waals surface area (Å²) in [4.78, 5) is 6.01. The Hall–Kier alpha value is -1.32. The van der Waals surface area contributed by atoms with Crippen LogP contribution in [0.2, 0.25) is 0 Å². The molecule has 19 heavy (non-hydrogen) atoms. The molecule has 0 spiro atoms. The second-order valence-corrected chi connectivity index (χ2v) is 5.63. The van der Waals surface area contributed by atoms with E-state index < -0.39 is 0 Å². The molecule has 102 valence electrons. The lowest BCUT2D eigenvalue weighted by Gasteiger charge is -2.31. The minimum atomic E-state index is 0.444. The predicted octanol–water partition coefficient (Wildman–Crippen LogP) is 2.61. The number of rotatable bonds is 2. The summed E-state index contributed by atoms with van der Waals surface area (Å²) in [6, 6.07) is 7.11. The lowest BCUT2D eigenvalue weighted by atomic mass is 9.99. The van der Waals surface area contributed by atoms with Gasteiger partial charge in [-0.3, -0.25) is 0 Å². The van der Waals surface area contributed by atoms with Gasteiger partial charge < -0.3 is 15.2 Å². The lowest BCUT2D eigenvalue weighted by molar-refractivity contribution is 0.241. The highest BCUT2D eigenvalue weighted by atomic mass is 15.2. The Morgan fingerprint density at radius 1 is 1.37 bits per heavy atom. The summed E-state index contributed by atoms with van der Waals surface area (Å²) >= 11 is 0. The van der Waals surface area contributed by atoms with Crippen molar-refractivity contribution in [2.24, 2.45) is 0 Å². The first-order valence-electron chi connectivity index (χ1n) is 7.22. The molecule has 1 fully saturated rings. The zero-order valence-electron chi connectivity index (χ0n) is 12.1. The molecule has 1 aliphatic heterocycles. The second kappa shape index (κ2) is 4.99. The van der Waals surface area contributed by atoms with E-state index in [1.54, 1.807) is 0 Å². The first kappa shape index (κ1) is 12.7. The van der Waals surface area contributed by atoms with Gasteiger partial charge in [-0.15, -0.1) is 0 Å². The van der Waals surface area contributed by atoms with Gasteiger partial charge in [0.1, 0.15) is 0 Å². The summed E-state index contributed by atoms with van der Waals surface area (Å²) in [7, 11) is 2.20. The maximum absolute atomic E-state index is 3.66. The first-order chi connectivity index (χ1) is 9.20. The van der Waals surface area contributed by atoms with Crippen LogP contribution in [0.5, 0.6) is 0 Å². The number of para-hydroxylation sites is 1. The van der Waals surface area contributed by atoms with Gasteiger partial charge in [0.2, 0.25) is 0 Å². The topological polar surface area (TPSA) is 31.1 Å². The number of aromatic nitrogens is 1. The summed E-state index contributed by atoms with van der Waals surface area (Å²) < 4.78 is 0. The van der Waals surface area contributed by atoms with E-state index >= 15 is 0 Å². The van der Waals surface area contributed by atoms with E-state index in [1.165, 1.54) is 27.7 Å². The van der Waals surface area contributed by atoms with Crippen molar-refractivity contribution < 1.29 is 0 Å². The number of piperazine rings is 1. The average molecular weight is 257 g/mol. The van der Waals surface area contributed by atoms with Crippen molar-refractivity contribution in [1.82, 2.24) is 15.2 Å². The largest absolute Gasteiger partial charge is 0.358 e. The molecule has 3 rings (SSSR count). The van der Waals surface area contributed by atoms with Crippen molar-refractivity contribution >= 4 is 10.9 Å². The molecule has 2 heterocycles. The number of H-pyrrole nitrogens is 1. The number of hydrogen-bond donors (Lipinski definition) is 2. The third kappa shape index (κ3) is 2.17. The number of nitrogens with one attached hydrogen (secondary N) is 2. The van der Waals surface area contributed by atoms with Gasteiger partial charge in [0.05, 0.1) is 0 Å². The highest BCUT2D eigenvalue weighted by Gasteiger charge is 2.23. The van der Waals surface area contributed by atoms with Crippen LogP contribution in [-0.2, 0) is 6.42 Å². The van der Waals surface area contributed by atoms with Crippen LogP contribution in [0.1, 0.15) is 29.8 Å². The standard InChI is InChI=1S/C16H23N3/c1-4-12-6-5-7-13-15(11(2)18-16(12)13)14-10-19(3)9-8-17-14/h5-7,14,17-18H,4,8-10H2,1-3H3. The molecule has 1 aromatic heterocycles. The third-order valence-corrected chi connectivity index (χ3v) is 4.27. The number of aryl methyl sites for hydroxylation is 2. The van der Waals surface area contributed by atoms with Crippen LogP contribution in [-0.4, -0.2) is 36.6 Å². The molecule has 0 amide bonds. The maximum atomic E-state index is 3.66. The summed E-state index contributed by atoms with van der Waals surface area (Å²) in [6.45, 7) is 7.71. The van der Waals surface area contributed by atoms with Crippen LogP contribution in [0.25, 0.3) is 10.9 Å². The number of fused-ring (bicyclic) bond motifs is 1. The molecule has 1 unspecified atom stereocenters. The Bertz CT molecular complexity index is 585. The average Bonchev–Trinajstić information content (AvgIpc) is 2.74. The van der Waals surface area contributed by atoms with Gasteiger partial charge in [-0.05, 0) is 31.5 Å². The van der Waals surface area contributed by atoms with Crippen molar-refractivity contribution in [3.8, 4) is 0 Å². The minimum Gasteiger partial charge on any atom is -0.358 e. The van der Waals surface area contributed by atoms with Crippen LogP contribution >= 0.6 is 0 Å². The highest BCUT2D eigenvalue weighted by molar-refractivity contribution is 5.88. The molecule has 0 aliphatic carbocycles. The Labute approximate surface area is 115 Å². The molecular weight excluding hydrogens is 234 g/mol. The monoisotopic (exact) mass is 257 g/mol. The Morgan fingerprint density at radius 2 is 2.21 bits per heavy atom. The van der Waals surface area contributed by atoms with Crippen molar-refractivity contribution in [2.75, 3.05) is 26.7 Å². The van der Waals surface area contributed by atoms with Gasteiger partial charge in [-0.1, -0.05) is 25.1 Å². The van der Waals surface area contributed by atoms with Crippen LogP contribution in [0.4, 0.5) is 0 Å². The van der Waals surface area contributed by atoms with Gasteiger partial charge in [0, 0.05) is 42.3 Å². The molecule has 0 radical (unpaired) electrons. The van der Waals surface area contributed by atoms with Crippen molar-refractivity contribution in [3.63, 3.8) is 0 Å². The van der Waals surface area contributed by atoms with Crippen LogP contribution < -0.4 is 5.32 Å². The van der Waals surface area contributed by atoms with Crippen LogP contribution in [0.15, 0.2) is 18.2 Å². The van der Waals surface area contributed by atoms with Crippen LogP contribution in [0, 0.1) is 6.92 Å². The third-order valence-electron chi connectivity index (χ3n) is 4.27. The van der Waals surface area contributed by atoms with Crippen molar-refractivity contribution in [1.29, 1.82) is 0 Å². The Kier molecular flexibility index (Phi) is 3.33. The molecule has 0 saturated carbocycles. The number of likely N-dealkylation sites (N-methyl/N-ethyl adjacent to an activating group) is 1. The van der Waals surface area contributed by atoms with Crippen molar-refractivity contribution in [3.05, 3.63) is 35.0 Å². The number of aromatic amines is 1. The van der Waals surface area contributed by atoms with E-state index in [4.69, 9.17) is 0 Å². The zero-order chi connectivity index (χ0) is 13.4. The van der Waals surface area contributed by atoms with Gasteiger partial charge in [-0.2, -0.15) is 0 Å². The lowest BCUT2D eigenvalue weighted by Crippen LogP contribution is -2.43. The fourth-order valence-corrected chi connectivity index (χ4v) is 3.26. The quantitative estimate of drug-likeness (QED) is 0.866. The normalized spacial score (nSPS) is 21.1. The van der Waals surface area contributed by atoms with E-state index in [9.17, 15) is 0 Å². The fraction of sp³-hybridized carbons (Fsp3) is 0.500. The first-order valence-corrected chi connectivity index (χ1v) is 7.22. The summed E-state index contributed by atoms with van der Waals surface area (Å²) in [5.74, 6) is 0. The van der Waals surface area contributed by atoms with Gasteiger partial charge in [-0.25, -0.2) is 0 Å². The Balaban J connectivity index is 2.10. The molecule has 1 aliphatic rings. The van der Waals surface area contributed by atoms with E-state index in [1.807, 2.05) is 0 Å². The molecule has 1 saturated heterocycles. The molecule has 3 nitrogen and oxygen atoms in total. The smallest absolute Gasteiger partial charge is 0.0491 e. The van der Waals surface area contributed by atoms with Crippen molar-refractivity contribution in [2.45, 2.75) is 26.3 Å². The molecule has 2 N–H and O–H groups in total. The number of benzene rings is 1. The van der Waals surface area contributed by atoms with Gasteiger partial charge >= 0.3 is 0 Å². The fourth-order valence-electron chi connectivity index (χ4n) is 3.26. The molecule has 3 heteroatoms. The second-order valence-electron chi connectivity index (χ2n) is 5.63. The van der Waals surface area contributed by atoms with Gasteiger partial charge in [0.15, 0.2) is 0 Å². The summed E-state index contributed by atoms with van der Waals surface area (Å²) in [5, 5.41) is 5.05. The van der Waals surface area contributed by atoms with E-state index in [0.717, 1.165) is 26.1 Å². The predicted molar refractivity (Wildman–Crippen MR) is 80.7 cm³/mol. The zero-order valence-corrected chi connectivity index (χ0v) is 12.1. The van der Waals surface area contributed by atoms with Gasteiger partial charge in [0.25, 0.3) is 0 Å². The van der Waals surface area contributed by atoms with E-state index in [-0.39, 0.29) is 0 Å². The number of nitrogens with zero attached hydrogens (tertiary/aromatic N) is 1. The number of hydrogen-bond acceptors (Lipinski definition) is 2. The highest BCUT2D eigenvalue weighted by Crippen LogP contribution is 2.31. The molecular formula is C16H23N3. The summed E-state index contributed by atoms with van der Waals surface area (Å²) in [5.41, 5.74) is 5.50.